The van der Waals surface area contributed by atoms with Crippen molar-refractivity contribution < 1.29 is 14.7 Å². The molecule has 0 saturated heterocycles. The molecule has 2 N–H and O–H groups in total. The van der Waals surface area contributed by atoms with E-state index in [0.717, 1.165) is 9.75 Å². The molecule has 0 bridgehead atoms. The number of carbonyl (C=O) groups is 2. The maximum atomic E-state index is 11.8. The molecule has 21 heavy (non-hydrogen) atoms. The van der Waals surface area contributed by atoms with Gasteiger partial charge in [0.15, 0.2) is 0 Å². The highest BCUT2D eigenvalue weighted by atomic mass is 35.5. The summed E-state index contributed by atoms with van der Waals surface area (Å²) >= 11 is 7.32. The molecule has 1 amide bonds. The molecule has 0 radical (unpaired) electrons. The summed E-state index contributed by atoms with van der Waals surface area (Å²) in [6.07, 6.45) is 3.05. The fourth-order valence-corrected chi connectivity index (χ4v) is 2.63. The van der Waals surface area contributed by atoms with E-state index in [1.165, 1.54) is 24.3 Å². The second-order valence-corrected chi connectivity index (χ2v) is 6.02. The first-order chi connectivity index (χ1) is 9.95. The van der Waals surface area contributed by atoms with Crippen LogP contribution in [0, 0.1) is 6.92 Å². The number of halogens is 1. The highest BCUT2D eigenvalue weighted by molar-refractivity contribution is 7.12. The SMILES string of the molecule is Cc1ccc(/C=C/C(=O)Nc2ccc(Cl)cc2C(=O)O)s1. The minimum atomic E-state index is -1.15. The van der Waals surface area contributed by atoms with Gasteiger partial charge in [-0.15, -0.1) is 11.3 Å². The number of hydrogen-bond acceptors (Lipinski definition) is 3. The van der Waals surface area contributed by atoms with Gasteiger partial charge in [-0.05, 0) is 43.3 Å². The fraction of sp³-hybridized carbons (Fsp3) is 0.0667. The molecule has 2 rings (SSSR count). The molecule has 6 heteroatoms. The molecule has 0 aliphatic carbocycles. The molecular formula is C15H12ClNO3S. The molecule has 0 fully saturated rings. The second-order valence-electron chi connectivity index (χ2n) is 4.27. The lowest BCUT2D eigenvalue weighted by molar-refractivity contribution is -0.111. The molecule has 0 spiro atoms. The molecular weight excluding hydrogens is 310 g/mol. The van der Waals surface area contributed by atoms with Crippen molar-refractivity contribution in [3.05, 3.63) is 56.7 Å². The number of rotatable bonds is 4. The van der Waals surface area contributed by atoms with Crippen molar-refractivity contribution in [1.29, 1.82) is 0 Å². The highest BCUT2D eigenvalue weighted by Gasteiger charge is 2.12. The average Bonchev–Trinajstić information content (AvgIpc) is 2.84. The van der Waals surface area contributed by atoms with Gasteiger partial charge < -0.3 is 10.4 Å². The van der Waals surface area contributed by atoms with Gasteiger partial charge in [0, 0.05) is 20.9 Å². The third-order valence-electron chi connectivity index (χ3n) is 2.63. The predicted octanol–water partition coefficient (Wildman–Crippen LogP) is 4.06. The largest absolute Gasteiger partial charge is 0.478 e. The summed E-state index contributed by atoms with van der Waals surface area (Å²) in [4.78, 5) is 25.1. The van der Waals surface area contributed by atoms with E-state index >= 15 is 0 Å². The van der Waals surface area contributed by atoms with Crippen LogP contribution in [0.25, 0.3) is 6.08 Å². The lowest BCUT2D eigenvalue weighted by Crippen LogP contribution is -2.11. The molecule has 1 aromatic heterocycles. The number of aryl methyl sites for hydroxylation is 1. The van der Waals surface area contributed by atoms with Crippen LogP contribution in [-0.4, -0.2) is 17.0 Å². The van der Waals surface area contributed by atoms with E-state index in [9.17, 15) is 9.59 Å². The Bertz CT molecular complexity index is 721. The van der Waals surface area contributed by atoms with Crippen LogP contribution in [0.2, 0.25) is 5.02 Å². The molecule has 108 valence electrons. The van der Waals surface area contributed by atoms with Gasteiger partial charge in [-0.3, -0.25) is 4.79 Å². The van der Waals surface area contributed by atoms with Crippen LogP contribution >= 0.6 is 22.9 Å². The second kappa shape index (κ2) is 6.56. The number of amides is 1. The molecule has 1 heterocycles. The first-order valence-corrected chi connectivity index (χ1v) is 7.23. The Balaban J connectivity index is 2.13. The minimum Gasteiger partial charge on any atom is -0.478 e. The lowest BCUT2D eigenvalue weighted by atomic mass is 10.2. The van der Waals surface area contributed by atoms with Gasteiger partial charge in [0.1, 0.15) is 0 Å². The number of carbonyl (C=O) groups excluding carboxylic acids is 1. The zero-order valence-corrected chi connectivity index (χ0v) is 12.7. The van der Waals surface area contributed by atoms with Crippen LogP contribution in [0.5, 0.6) is 0 Å². The number of benzene rings is 1. The van der Waals surface area contributed by atoms with Crippen molar-refractivity contribution in [1.82, 2.24) is 0 Å². The molecule has 1 aromatic carbocycles. The van der Waals surface area contributed by atoms with Crippen LogP contribution in [0.15, 0.2) is 36.4 Å². The maximum absolute atomic E-state index is 11.8. The summed E-state index contributed by atoms with van der Waals surface area (Å²) in [5.74, 6) is -1.54. The molecule has 4 nitrogen and oxygen atoms in total. The summed E-state index contributed by atoms with van der Waals surface area (Å²) in [5.41, 5.74) is 0.167. The van der Waals surface area contributed by atoms with Crippen molar-refractivity contribution in [2.75, 3.05) is 5.32 Å². The summed E-state index contributed by atoms with van der Waals surface area (Å²) in [6, 6.07) is 8.16. The molecule has 0 saturated carbocycles. The van der Waals surface area contributed by atoms with Crippen LogP contribution < -0.4 is 5.32 Å². The van der Waals surface area contributed by atoms with E-state index in [0.29, 0.717) is 5.02 Å². The van der Waals surface area contributed by atoms with Crippen molar-refractivity contribution in [2.45, 2.75) is 6.92 Å². The van der Waals surface area contributed by atoms with E-state index in [1.54, 1.807) is 17.4 Å². The smallest absolute Gasteiger partial charge is 0.337 e. The van der Waals surface area contributed by atoms with Crippen LogP contribution in [-0.2, 0) is 4.79 Å². The van der Waals surface area contributed by atoms with Gasteiger partial charge in [0.2, 0.25) is 5.91 Å². The number of anilines is 1. The number of nitrogens with one attached hydrogen (secondary N) is 1. The quantitative estimate of drug-likeness (QED) is 0.834. The third kappa shape index (κ3) is 4.18. The Labute approximate surface area is 130 Å². The minimum absolute atomic E-state index is 0.0452. The normalized spacial score (nSPS) is 10.8. The van der Waals surface area contributed by atoms with Gasteiger partial charge in [0.05, 0.1) is 11.3 Å². The molecule has 0 aliphatic heterocycles. The van der Waals surface area contributed by atoms with Gasteiger partial charge in [-0.25, -0.2) is 4.79 Å². The van der Waals surface area contributed by atoms with E-state index in [-0.39, 0.29) is 11.3 Å². The van der Waals surface area contributed by atoms with Gasteiger partial charge >= 0.3 is 5.97 Å². The van der Waals surface area contributed by atoms with E-state index in [2.05, 4.69) is 5.32 Å². The van der Waals surface area contributed by atoms with E-state index in [1.807, 2.05) is 19.1 Å². The number of aromatic carboxylic acids is 1. The molecule has 0 atom stereocenters. The number of carboxylic acids is 1. The van der Waals surface area contributed by atoms with Crippen LogP contribution in [0.1, 0.15) is 20.1 Å². The van der Waals surface area contributed by atoms with Crippen molar-refractivity contribution in [3.63, 3.8) is 0 Å². The zero-order valence-electron chi connectivity index (χ0n) is 11.1. The Morgan fingerprint density at radius 2 is 2.05 bits per heavy atom. The summed E-state index contributed by atoms with van der Waals surface area (Å²) in [5, 5.41) is 11.9. The van der Waals surface area contributed by atoms with Crippen LogP contribution in [0.4, 0.5) is 5.69 Å². The molecule has 2 aromatic rings. The van der Waals surface area contributed by atoms with Crippen LogP contribution in [0.3, 0.4) is 0 Å². The number of carboxylic acid groups (broad SMARTS) is 1. The Kier molecular flexibility index (Phi) is 4.77. The van der Waals surface area contributed by atoms with E-state index < -0.39 is 11.9 Å². The van der Waals surface area contributed by atoms with Crippen molar-refractivity contribution >= 4 is 46.6 Å². The highest BCUT2D eigenvalue weighted by Crippen LogP contribution is 2.21. The predicted molar refractivity (Wildman–Crippen MR) is 85.1 cm³/mol. The van der Waals surface area contributed by atoms with Gasteiger partial charge in [0.25, 0.3) is 0 Å². The molecule has 0 aliphatic rings. The Morgan fingerprint density at radius 1 is 1.29 bits per heavy atom. The number of thiophene rings is 1. The third-order valence-corrected chi connectivity index (χ3v) is 3.83. The topological polar surface area (TPSA) is 66.4 Å². The van der Waals surface area contributed by atoms with Crippen molar-refractivity contribution in [2.24, 2.45) is 0 Å². The van der Waals surface area contributed by atoms with Gasteiger partial charge in [-0.1, -0.05) is 11.6 Å². The molecule has 0 unspecified atom stereocenters. The van der Waals surface area contributed by atoms with Crippen molar-refractivity contribution in [3.8, 4) is 0 Å². The monoisotopic (exact) mass is 321 g/mol. The number of hydrogen-bond donors (Lipinski definition) is 2. The van der Waals surface area contributed by atoms with Gasteiger partial charge in [-0.2, -0.15) is 0 Å². The first-order valence-electron chi connectivity index (χ1n) is 6.04. The Morgan fingerprint density at radius 3 is 2.67 bits per heavy atom. The fourth-order valence-electron chi connectivity index (χ4n) is 1.68. The summed E-state index contributed by atoms with van der Waals surface area (Å²) in [7, 11) is 0. The standard InChI is InChI=1S/C15H12ClNO3S/c1-9-2-4-11(21-9)5-7-14(18)17-13-6-3-10(16)8-12(13)15(19)20/h2-8H,1H3,(H,17,18)(H,19,20)/b7-5+. The lowest BCUT2D eigenvalue weighted by Gasteiger charge is -2.06. The Hall–Kier alpha value is -2.11. The zero-order chi connectivity index (χ0) is 15.4. The average molecular weight is 322 g/mol. The maximum Gasteiger partial charge on any atom is 0.337 e. The summed E-state index contributed by atoms with van der Waals surface area (Å²) < 4.78 is 0. The van der Waals surface area contributed by atoms with E-state index in [4.69, 9.17) is 16.7 Å². The first kappa shape index (κ1) is 15.3. The summed E-state index contributed by atoms with van der Waals surface area (Å²) in [6.45, 7) is 1.98.